The molecule has 1 aliphatic rings. The van der Waals surface area contributed by atoms with Crippen molar-refractivity contribution in [2.75, 3.05) is 11.9 Å². The predicted molar refractivity (Wildman–Crippen MR) is 149 cm³/mol. The molecule has 198 valence electrons. The average Bonchev–Trinajstić information content (AvgIpc) is 2.96. The second-order valence-corrected chi connectivity index (χ2v) is 9.34. The minimum atomic E-state index is -0.983. The summed E-state index contributed by atoms with van der Waals surface area (Å²) in [5, 5.41) is 26.3. The van der Waals surface area contributed by atoms with Gasteiger partial charge in [-0.15, -0.1) is 0 Å². The highest BCUT2D eigenvalue weighted by Crippen LogP contribution is 2.29. The van der Waals surface area contributed by atoms with Gasteiger partial charge in [0.1, 0.15) is 0 Å². The summed E-state index contributed by atoms with van der Waals surface area (Å²) in [7, 11) is 0. The third-order valence-electron chi connectivity index (χ3n) is 6.56. The lowest BCUT2D eigenvalue weighted by molar-refractivity contribution is -0.136. The molecule has 4 N–H and O–H groups in total. The first-order valence-electron chi connectivity index (χ1n) is 12.9. The molecule has 0 radical (unpaired) electrons. The number of carbonyl (C=O) groups excluding carboxylic acids is 2. The summed E-state index contributed by atoms with van der Waals surface area (Å²) < 4.78 is 0. The standard InChI is InChI=1S/C31H30N4O4/c32-20-21-5-4-8-27(19-21)34-31(39)35-29(24-11-9-23(10-12-24)22-6-2-1-3-7-22)25-13-15-26(16-14-25)30(38)33-18-17-28(36)37/h4-6,8-16,19,29H,1-3,7,17-18H2,(H,33,38)(H,36,37)(H2,34,35,39). The van der Waals surface area contributed by atoms with Gasteiger partial charge in [0.2, 0.25) is 0 Å². The van der Waals surface area contributed by atoms with Crippen molar-refractivity contribution in [1.29, 1.82) is 5.26 Å². The Morgan fingerprint density at radius 3 is 2.31 bits per heavy atom. The number of nitrogens with zero attached hydrogens (tertiary/aromatic N) is 1. The third kappa shape index (κ3) is 7.55. The van der Waals surface area contributed by atoms with Gasteiger partial charge in [-0.05, 0) is 78.3 Å². The highest BCUT2D eigenvalue weighted by Gasteiger charge is 2.19. The molecule has 4 rings (SSSR count). The van der Waals surface area contributed by atoms with Gasteiger partial charge in [0.25, 0.3) is 5.91 Å². The van der Waals surface area contributed by atoms with Crippen LogP contribution in [0, 0.1) is 11.3 Å². The molecule has 0 aliphatic heterocycles. The molecule has 8 heteroatoms. The third-order valence-corrected chi connectivity index (χ3v) is 6.56. The van der Waals surface area contributed by atoms with Crippen molar-refractivity contribution < 1.29 is 19.5 Å². The first kappa shape index (κ1) is 27.1. The highest BCUT2D eigenvalue weighted by atomic mass is 16.4. The average molecular weight is 523 g/mol. The molecule has 0 aromatic heterocycles. The van der Waals surface area contributed by atoms with Gasteiger partial charge in [0, 0.05) is 17.8 Å². The molecule has 1 aliphatic carbocycles. The second-order valence-electron chi connectivity index (χ2n) is 9.34. The molecule has 3 aromatic carbocycles. The van der Waals surface area contributed by atoms with Crippen molar-refractivity contribution in [3.8, 4) is 6.07 Å². The normalized spacial score (nSPS) is 13.4. The van der Waals surface area contributed by atoms with Crippen molar-refractivity contribution in [1.82, 2.24) is 10.6 Å². The van der Waals surface area contributed by atoms with Crippen LogP contribution in [0.5, 0.6) is 0 Å². The van der Waals surface area contributed by atoms with Crippen LogP contribution in [-0.4, -0.2) is 29.6 Å². The second kappa shape index (κ2) is 13.1. The number of anilines is 1. The Kier molecular flexibility index (Phi) is 9.09. The summed E-state index contributed by atoms with van der Waals surface area (Å²) in [5.41, 5.74) is 5.47. The quantitative estimate of drug-likeness (QED) is 0.289. The summed E-state index contributed by atoms with van der Waals surface area (Å²) in [4.78, 5) is 36.1. The van der Waals surface area contributed by atoms with E-state index in [2.05, 4.69) is 40.2 Å². The number of aliphatic carboxylic acids is 1. The number of nitrogens with one attached hydrogen (secondary N) is 3. The van der Waals surface area contributed by atoms with Gasteiger partial charge < -0.3 is 21.1 Å². The molecule has 39 heavy (non-hydrogen) atoms. The molecule has 3 amide bonds. The molecule has 8 nitrogen and oxygen atoms in total. The van der Waals surface area contributed by atoms with E-state index in [-0.39, 0.29) is 18.9 Å². The zero-order valence-electron chi connectivity index (χ0n) is 21.4. The Bertz CT molecular complexity index is 1410. The van der Waals surface area contributed by atoms with Crippen molar-refractivity contribution >= 4 is 29.2 Å². The van der Waals surface area contributed by atoms with Gasteiger partial charge >= 0.3 is 12.0 Å². The van der Waals surface area contributed by atoms with Crippen LogP contribution in [0.3, 0.4) is 0 Å². The van der Waals surface area contributed by atoms with Crippen molar-refractivity contribution in [3.05, 3.63) is 107 Å². The molecule has 0 fully saturated rings. The van der Waals surface area contributed by atoms with Crippen LogP contribution in [0.2, 0.25) is 0 Å². The van der Waals surface area contributed by atoms with E-state index < -0.39 is 18.0 Å². The molecule has 0 spiro atoms. The molecule has 3 aromatic rings. The monoisotopic (exact) mass is 522 g/mol. The van der Waals surface area contributed by atoms with Crippen LogP contribution in [0.1, 0.15) is 70.8 Å². The Balaban J connectivity index is 1.55. The van der Waals surface area contributed by atoms with Gasteiger partial charge in [0.05, 0.1) is 24.1 Å². The lowest BCUT2D eigenvalue weighted by Crippen LogP contribution is -2.33. The topological polar surface area (TPSA) is 131 Å². The number of urea groups is 1. The zero-order chi connectivity index (χ0) is 27.6. The van der Waals surface area contributed by atoms with E-state index in [1.165, 1.54) is 24.0 Å². The van der Waals surface area contributed by atoms with E-state index >= 15 is 0 Å². The van der Waals surface area contributed by atoms with Crippen molar-refractivity contribution in [3.63, 3.8) is 0 Å². The number of amides is 3. The fourth-order valence-electron chi connectivity index (χ4n) is 4.53. The first-order valence-corrected chi connectivity index (χ1v) is 12.9. The molecule has 0 heterocycles. The summed E-state index contributed by atoms with van der Waals surface area (Å²) in [6, 6.07) is 22.7. The van der Waals surface area contributed by atoms with Crippen LogP contribution in [0.4, 0.5) is 10.5 Å². The highest BCUT2D eigenvalue weighted by molar-refractivity contribution is 5.94. The number of hydrogen-bond donors (Lipinski definition) is 4. The van der Waals surface area contributed by atoms with Gasteiger partial charge in [0.15, 0.2) is 0 Å². The van der Waals surface area contributed by atoms with Gasteiger partial charge in [-0.1, -0.05) is 48.5 Å². The number of hydrogen-bond acceptors (Lipinski definition) is 4. The Morgan fingerprint density at radius 2 is 1.67 bits per heavy atom. The van der Waals surface area contributed by atoms with E-state index in [9.17, 15) is 14.4 Å². The van der Waals surface area contributed by atoms with Crippen LogP contribution >= 0.6 is 0 Å². The van der Waals surface area contributed by atoms with E-state index in [1.54, 1.807) is 48.5 Å². The fourth-order valence-corrected chi connectivity index (χ4v) is 4.53. The minimum absolute atomic E-state index is 0.0378. The van der Waals surface area contributed by atoms with E-state index in [0.717, 1.165) is 24.0 Å². The summed E-state index contributed by atoms with van der Waals surface area (Å²) in [6.07, 6.45) is 6.67. The van der Waals surface area contributed by atoms with Crippen LogP contribution in [0.25, 0.3) is 5.57 Å². The molecule has 1 unspecified atom stereocenters. The van der Waals surface area contributed by atoms with Crippen LogP contribution in [0.15, 0.2) is 78.9 Å². The molecule has 0 saturated carbocycles. The lowest BCUT2D eigenvalue weighted by atomic mass is 9.91. The first-order chi connectivity index (χ1) is 18.9. The minimum Gasteiger partial charge on any atom is -0.481 e. The maximum Gasteiger partial charge on any atom is 0.319 e. The summed E-state index contributed by atoms with van der Waals surface area (Å²) in [5.74, 6) is -1.35. The molecular formula is C31H30N4O4. The SMILES string of the molecule is N#Cc1cccc(NC(=O)NC(c2ccc(C(=O)NCCC(=O)O)cc2)c2ccc(C3=CCCCC3)cc2)c1. The predicted octanol–water partition coefficient (Wildman–Crippen LogP) is 5.63. The molecule has 0 bridgehead atoms. The van der Waals surface area contributed by atoms with Crippen molar-refractivity contribution in [2.45, 2.75) is 38.1 Å². The Labute approximate surface area is 227 Å². The number of nitriles is 1. The van der Waals surface area contributed by atoms with Crippen LogP contribution < -0.4 is 16.0 Å². The molecule has 0 saturated heterocycles. The number of rotatable bonds is 9. The molecular weight excluding hydrogens is 492 g/mol. The number of carboxylic acids is 1. The maximum absolute atomic E-state index is 13.0. The Hall–Kier alpha value is -4.90. The van der Waals surface area contributed by atoms with E-state index in [0.29, 0.717) is 16.8 Å². The van der Waals surface area contributed by atoms with E-state index in [1.807, 2.05) is 12.1 Å². The number of allylic oxidation sites excluding steroid dienone is 2. The van der Waals surface area contributed by atoms with Crippen LogP contribution in [-0.2, 0) is 4.79 Å². The summed E-state index contributed by atoms with van der Waals surface area (Å²) in [6.45, 7) is 0.0378. The van der Waals surface area contributed by atoms with Gasteiger partial charge in [-0.2, -0.15) is 5.26 Å². The smallest absolute Gasteiger partial charge is 0.319 e. The zero-order valence-corrected chi connectivity index (χ0v) is 21.4. The number of benzene rings is 3. The van der Waals surface area contributed by atoms with Gasteiger partial charge in [-0.25, -0.2) is 4.79 Å². The Morgan fingerprint density at radius 1 is 0.949 bits per heavy atom. The largest absolute Gasteiger partial charge is 0.481 e. The van der Waals surface area contributed by atoms with E-state index in [4.69, 9.17) is 10.4 Å². The number of carboxylic acid groups (broad SMARTS) is 1. The summed E-state index contributed by atoms with van der Waals surface area (Å²) >= 11 is 0. The van der Waals surface area contributed by atoms with Crippen molar-refractivity contribution in [2.24, 2.45) is 0 Å². The lowest BCUT2D eigenvalue weighted by Gasteiger charge is -2.21. The van der Waals surface area contributed by atoms with Gasteiger partial charge in [-0.3, -0.25) is 9.59 Å². The fraction of sp³-hybridized carbons (Fsp3) is 0.226. The molecule has 1 atom stereocenters. The number of carbonyl (C=O) groups is 3. The maximum atomic E-state index is 13.0.